The Morgan fingerprint density at radius 2 is 1.62 bits per heavy atom. The maximum atomic E-state index is 13.9. The fourth-order valence-electron chi connectivity index (χ4n) is 4.22. The Morgan fingerprint density at radius 3 is 2.24 bits per heavy atom. The molecule has 10 nitrogen and oxygen atoms in total. The molecule has 3 aromatic rings. The molecule has 1 aliphatic rings. The van der Waals surface area contributed by atoms with Crippen molar-refractivity contribution in [3.05, 3.63) is 72.3 Å². The number of carbonyl (C=O) groups is 3. The average molecular weight is 527 g/mol. The minimum absolute atomic E-state index is 0.0294. The largest absolute Gasteiger partial charge is 0.465 e. The summed E-state index contributed by atoms with van der Waals surface area (Å²) >= 11 is 0. The lowest BCUT2D eigenvalue weighted by molar-refractivity contribution is -0.125. The first-order chi connectivity index (χ1) is 17.7. The molecule has 1 saturated heterocycles. The van der Waals surface area contributed by atoms with Crippen molar-refractivity contribution in [2.75, 3.05) is 32.8 Å². The van der Waals surface area contributed by atoms with Crippen molar-refractivity contribution in [3.8, 4) is 0 Å². The Hall–Kier alpha value is -3.64. The SMILES string of the molecule is COC(=O)c1ccc(N2C(=O)CC(N(CC(OC)OC)S(=O)(=O)c3ccc4ccccc4c3)C2=O)cc1. The number of ether oxygens (including phenoxy) is 3. The molecule has 0 saturated carbocycles. The minimum atomic E-state index is -4.26. The maximum Gasteiger partial charge on any atom is 0.337 e. The van der Waals surface area contributed by atoms with E-state index >= 15 is 0 Å². The highest BCUT2D eigenvalue weighted by molar-refractivity contribution is 7.89. The van der Waals surface area contributed by atoms with Gasteiger partial charge in [-0.25, -0.2) is 18.1 Å². The van der Waals surface area contributed by atoms with Crippen molar-refractivity contribution in [2.45, 2.75) is 23.6 Å². The lowest BCUT2D eigenvalue weighted by atomic mass is 10.1. The highest BCUT2D eigenvalue weighted by atomic mass is 32.2. The molecule has 11 heteroatoms. The van der Waals surface area contributed by atoms with E-state index in [-0.39, 0.29) is 29.1 Å². The van der Waals surface area contributed by atoms with Crippen LogP contribution >= 0.6 is 0 Å². The fourth-order valence-corrected chi connectivity index (χ4v) is 5.83. The summed E-state index contributed by atoms with van der Waals surface area (Å²) in [4.78, 5) is 39.1. The van der Waals surface area contributed by atoms with E-state index in [1.807, 2.05) is 12.1 Å². The normalized spacial score (nSPS) is 16.2. The third-order valence-electron chi connectivity index (χ3n) is 6.20. The standard InChI is InChI=1S/C26H26N2O8S/c1-34-24(35-2)16-27(37(32,33)21-13-10-17-6-4-5-7-19(17)14-21)22-15-23(29)28(25(22)30)20-11-8-18(9-12-20)26(31)36-3/h4-14,22,24H,15-16H2,1-3H3. The van der Waals surface area contributed by atoms with Gasteiger partial charge in [0.1, 0.15) is 6.04 Å². The van der Waals surface area contributed by atoms with Crippen LogP contribution in [0.2, 0.25) is 0 Å². The van der Waals surface area contributed by atoms with Gasteiger partial charge in [-0.3, -0.25) is 9.59 Å². The Labute approximate surface area is 214 Å². The Kier molecular flexibility index (Phi) is 7.69. The van der Waals surface area contributed by atoms with Crippen molar-refractivity contribution < 1.29 is 37.0 Å². The molecule has 194 valence electrons. The second-order valence-electron chi connectivity index (χ2n) is 8.31. The summed E-state index contributed by atoms with van der Waals surface area (Å²) in [5, 5.41) is 1.56. The van der Waals surface area contributed by atoms with Crippen LogP contribution in [0.5, 0.6) is 0 Å². The smallest absolute Gasteiger partial charge is 0.337 e. The van der Waals surface area contributed by atoms with Gasteiger partial charge in [0.25, 0.3) is 5.91 Å². The summed E-state index contributed by atoms with van der Waals surface area (Å²) in [7, 11) is -0.314. The molecule has 0 radical (unpaired) electrons. The molecule has 4 rings (SSSR count). The Morgan fingerprint density at radius 1 is 0.973 bits per heavy atom. The van der Waals surface area contributed by atoms with Gasteiger partial charge in [0.2, 0.25) is 15.9 Å². The van der Waals surface area contributed by atoms with Crippen molar-refractivity contribution in [2.24, 2.45) is 0 Å². The van der Waals surface area contributed by atoms with Crippen LogP contribution in [0.1, 0.15) is 16.8 Å². The quantitative estimate of drug-likeness (QED) is 0.237. The van der Waals surface area contributed by atoms with Crippen LogP contribution in [0.25, 0.3) is 10.8 Å². The molecule has 1 fully saturated rings. The number of hydrogen-bond donors (Lipinski definition) is 0. The predicted octanol–water partition coefficient (Wildman–Crippen LogP) is 2.57. The molecule has 37 heavy (non-hydrogen) atoms. The first-order valence-corrected chi connectivity index (χ1v) is 12.8. The van der Waals surface area contributed by atoms with E-state index in [9.17, 15) is 22.8 Å². The Bertz CT molecular complexity index is 1430. The van der Waals surface area contributed by atoms with Crippen LogP contribution in [0, 0.1) is 0 Å². The van der Waals surface area contributed by atoms with Crippen LogP contribution in [-0.2, 0) is 33.8 Å². The summed E-state index contributed by atoms with van der Waals surface area (Å²) in [5.41, 5.74) is 0.452. The van der Waals surface area contributed by atoms with Gasteiger partial charge < -0.3 is 14.2 Å². The zero-order valence-corrected chi connectivity index (χ0v) is 21.3. The Balaban J connectivity index is 1.72. The number of nitrogens with zero attached hydrogens (tertiary/aromatic N) is 2. The molecule has 0 aromatic heterocycles. The highest BCUT2D eigenvalue weighted by Gasteiger charge is 2.47. The van der Waals surface area contributed by atoms with Gasteiger partial charge in [0, 0.05) is 14.2 Å². The summed E-state index contributed by atoms with van der Waals surface area (Å²) in [5.74, 6) is -1.86. The molecule has 3 aromatic carbocycles. The monoisotopic (exact) mass is 526 g/mol. The molecule has 0 bridgehead atoms. The summed E-state index contributed by atoms with van der Waals surface area (Å²) in [6, 6.07) is 16.3. The average Bonchev–Trinajstić information content (AvgIpc) is 3.21. The predicted molar refractivity (Wildman–Crippen MR) is 134 cm³/mol. The lowest BCUT2D eigenvalue weighted by Crippen LogP contribution is -2.49. The first-order valence-electron chi connectivity index (χ1n) is 11.3. The number of methoxy groups -OCH3 is 3. The second kappa shape index (κ2) is 10.8. The molecule has 1 aliphatic heterocycles. The molecule has 0 N–H and O–H groups in total. The van der Waals surface area contributed by atoms with Gasteiger partial charge in [-0.2, -0.15) is 4.31 Å². The molecule has 1 unspecified atom stereocenters. The fraction of sp³-hybridized carbons (Fsp3) is 0.269. The maximum absolute atomic E-state index is 13.9. The third kappa shape index (κ3) is 5.12. The third-order valence-corrected chi connectivity index (χ3v) is 8.07. The number of amides is 2. The van der Waals surface area contributed by atoms with Gasteiger partial charge in [-0.15, -0.1) is 0 Å². The van der Waals surface area contributed by atoms with E-state index in [1.165, 1.54) is 57.7 Å². The molecular formula is C26H26N2O8S. The van der Waals surface area contributed by atoms with Crippen LogP contribution in [-0.4, -0.2) is 70.7 Å². The van der Waals surface area contributed by atoms with Gasteiger partial charge in [-0.1, -0.05) is 30.3 Å². The number of fused-ring (bicyclic) bond motifs is 1. The van der Waals surface area contributed by atoms with Crippen LogP contribution in [0.4, 0.5) is 5.69 Å². The van der Waals surface area contributed by atoms with E-state index in [1.54, 1.807) is 18.2 Å². The van der Waals surface area contributed by atoms with Gasteiger partial charge in [0.05, 0.1) is 36.2 Å². The number of esters is 1. The molecule has 1 atom stereocenters. The zero-order chi connectivity index (χ0) is 26.7. The van der Waals surface area contributed by atoms with E-state index in [0.717, 1.165) is 14.6 Å². The van der Waals surface area contributed by atoms with E-state index in [2.05, 4.69) is 4.74 Å². The zero-order valence-electron chi connectivity index (χ0n) is 20.5. The number of carbonyl (C=O) groups excluding carboxylic acids is 3. The van der Waals surface area contributed by atoms with Crippen LogP contribution in [0.15, 0.2) is 71.6 Å². The number of anilines is 1. The van der Waals surface area contributed by atoms with Crippen molar-refractivity contribution in [1.82, 2.24) is 4.31 Å². The van der Waals surface area contributed by atoms with Gasteiger partial charge in [0.15, 0.2) is 6.29 Å². The number of hydrogen-bond acceptors (Lipinski definition) is 8. The topological polar surface area (TPSA) is 120 Å². The van der Waals surface area contributed by atoms with E-state index in [0.29, 0.717) is 5.39 Å². The number of sulfonamides is 1. The summed E-state index contributed by atoms with van der Waals surface area (Å²) in [6.07, 6.45) is -1.35. The molecular weight excluding hydrogens is 500 g/mol. The second-order valence-corrected chi connectivity index (χ2v) is 10.2. The van der Waals surface area contributed by atoms with E-state index < -0.39 is 40.1 Å². The van der Waals surface area contributed by atoms with Crippen LogP contribution in [0.3, 0.4) is 0 Å². The molecule has 2 amide bonds. The summed E-state index contributed by atoms with van der Waals surface area (Å²) < 4.78 is 43.8. The van der Waals surface area contributed by atoms with Crippen molar-refractivity contribution in [1.29, 1.82) is 0 Å². The number of rotatable bonds is 9. The lowest BCUT2D eigenvalue weighted by Gasteiger charge is -2.29. The first kappa shape index (κ1) is 26.4. The number of benzene rings is 3. The highest BCUT2D eigenvalue weighted by Crippen LogP contribution is 2.31. The molecule has 0 spiro atoms. The number of imide groups is 1. The van der Waals surface area contributed by atoms with Gasteiger partial charge in [-0.05, 0) is 47.2 Å². The van der Waals surface area contributed by atoms with Crippen LogP contribution < -0.4 is 4.90 Å². The summed E-state index contributed by atoms with van der Waals surface area (Å²) in [6.45, 7) is -0.318. The van der Waals surface area contributed by atoms with E-state index in [4.69, 9.17) is 9.47 Å². The minimum Gasteiger partial charge on any atom is -0.465 e. The van der Waals surface area contributed by atoms with Crippen molar-refractivity contribution in [3.63, 3.8) is 0 Å². The van der Waals surface area contributed by atoms with Crippen molar-refractivity contribution >= 4 is 44.3 Å². The molecule has 1 heterocycles. The van der Waals surface area contributed by atoms with Gasteiger partial charge >= 0.3 is 5.97 Å². The molecule has 0 aliphatic carbocycles.